The number of rotatable bonds is 7. The molecule has 4 heterocycles. The molecule has 32 heavy (non-hydrogen) atoms. The molecule has 0 N–H and O–H groups in total. The van der Waals surface area contributed by atoms with Crippen LogP contribution in [0, 0.1) is 0 Å². The topological polar surface area (TPSA) is 73.8 Å². The van der Waals surface area contributed by atoms with Crippen LogP contribution in [0.4, 0.5) is 0 Å². The van der Waals surface area contributed by atoms with Crippen LogP contribution >= 0.6 is 46.0 Å². The quantitative estimate of drug-likeness (QED) is 0.147. The van der Waals surface area contributed by atoms with Crippen molar-refractivity contribution in [3.8, 4) is 21.9 Å². The van der Waals surface area contributed by atoms with Crippen molar-refractivity contribution in [3.63, 3.8) is 0 Å². The molecule has 0 radical (unpaired) electrons. The molecular weight excluding hydrogens is 484 g/mol. The highest BCUT2D eigenvalue weighted by molar-refractivity contribution is 7.98. The van der Waals surface area contributed by atoms with Crippen LogP contribution in [0.15, 0.2) is 74.2 Å². The van der Waals surface area contributed by atoms with Crippen LogP contribution in [0.1, 0.15) is 5.89 Å². The van der Waals surface area contributed by atoms with E-state index in [0.29, 0.717) is 44.5 Å². The van der Waals surface area contributed by atoms with Gasteiger partial charge in [-0.15, -0.1) is 39.4 Å². The fourth-order valence-corrected chi connectivity index (χ4v) is 5.94. The number of hydrogen-bond donors (Lipinski definition) is 0. The number of thioether (sulfide) groups is 1. The summed E-state index contributed by atoms with van der Waals surface area (Å²) >= 11 is 10.4. The highest BCUT2D eigenvalue weighted by atomic mass is 35.5. The molecule has 0 aliphatic carbocycles. The first-order valence-electron chi connectivity index (χ1n) is 9.52. The largest absolute Gasteiger partial charge is 0.420 e. The Balaban J connectivity index is 1.45. The molecule has 0 fully saturated rings. The zero-order chi connectivity index (χ0) is 22.1. The van der Waals surface area contributed by atoms with Gasteiger partial charge in [-0.3, -0.25) is 9.36 Å². The first-order valence-corrected chi connectivity index (χ1v) is 12.6. The second-order valence-corrected chi connectivity index (χ2v) is 9.89. The molecule has 10 heteroatoms. The zero-order valence-corrected chi connectivity index (χ0v) is 19.7. The maximum atomic E-state index is 13.4. The lowest BCUT2D eigenvalue weighted by molar-refractivity contribution is 0.528. The van der Waals surface area contributed by atoms with Crippen molar-refractivity contribution in [2.45, 2.75) is 17.5 Å². The van der Waals surface area contributed by atoms with E-state index < -0.39 is 0 Å². The Morgan fingerprint density at radius 3 is 2.78 bits per heavy atom. The summed E-state index contributed by atoms with van der Waals surface area (Å²) < 4.78 is 7.42. The van der Waals surface area contributed by atoms with Crippen LogP contribution in [0.5, 0.6) is 0 Å². The minimum absolute atomic E-state index is 0.0746. The standard InChI is InChI=1S/C22H15ClN4O2S3/c1-2-9-27-21(28)18-15(16-4-3-10-30-16)11-31-20(18)24-22(27)32-12-17-25-26-19(29-17)13-5-7-14(23)8-6-13/h2-8,10-11H,1,9,12H2. The molecule has 1 aromatic carbocycles. The number of allylic oxidation sites excluding steroid dienone is 1. The molecule has 0 saturated heterocycles. The number of benzene rings is 1. The smallest absolute Gasteiger partial charge is 0.263 e. The average molecular weight is 499 g/mol. The van der Waals surface area contributed by atoms with Crippen molar-refractivity contribution in [1.29, 1.82) is 0 Å². The second-order valence-electron chi connectivity index (χ2n) is 6.70. The molecule has 0 aliphatic heterocycles. The number of halogens is 1. The van der Waals surface area contributed by atoms with Crippen LogP contribution in [-0.4, -0.2) is 19.7 Å². The lowest BCUT2D eigenvalue weighted by atomic mass is 10.2. The third kappa shape index (κ3) is 4.04. The monoisotopic (exact) mass is 498 g/mol. The molecule has 0 aliphatic rings. The highest BCUT2D eigenvalue weighted by Crippen LogP contribution is 2.35. The Morgan fingerprint density at radius 1 is 1.19 bits per heavy atom. The van der Waals surface area contributed by atoms with Gasteiger partial charge in [-0.05, 0) is 35.7 Å². The van der Waals surface area contributed by atoms with Gasteiger partial charge in [0.2, 0.25) is 11.8 Å². The molecule has 0 unspecified atom stereocenters. The molecule has 0 atom stereocenters. The predicted molar refractivity (Wildman–Crippen MR) is 132 cm³/mol. The van der Waals surface area contributed by atoms with Gasteiger partial charge in [0.15, 0.2) is 5.16 Å². The van der Waals surface area contributed by atoms with Gasteiger partial charge in [0.25, 0.3) is 5.56 Å². The van der Waals surface area contributed by atoms with E-state index in [4.69, 9.17) is 21.0 Å². The van der Waals surface area contributed by atoms with E-state index in [0.717, 1.165) is 16.0 Å². The van der Waals surface area contributed by atoms with Crippen molar-refractivity contribution >= 4 is 56.3 Å². The maximum Gasteiger partial charge on any atom is 0.263 e. The van der Waals surface area contributed by atoms with Crippen LogP contribution in [0.3, 0.4) is 0 Å². The summed E-state index contributed by atoms with van der Waals surface area (Å²) in [7, 11) is 0. The normalized spacial score (nSPS) is 11.3. The van der Waals surface area contributed by atoms with Gasteiger partial charge in [-0.25, -0.2) is 4.98 Å². The van der Waals surface area contributed by atoms with Crippen molar-refractivity contribution in [3.05, 3.63) is 81.1 Å². The maximum absolute atomic E-state index is 13.4. The lowest BCUT2D eigenvalue weighted by Crippen LogP contribution is -2.22. The molecule has 0 amide bonds. The van der Waals surface area contributed by atoms with Gasteiger partial charge in [-0.2, -0.15) is 0 Å². The van der Waals surface area contributed by atoms with E-state index in [1.54, 1.807) is 34.1 Å². The van der Waals surface area contributed by atoms with Gasteiger partial charge < -0.3 is 4.42 Å². The van der Waals surface area contributed by atoms with E-state index in [1.807, 2.05) is 35.0 Å². The SMILES string of the molecule is C=CCn1c(SCc2nnc(-c3ccc(Cl)cc3)o2)nc2scc(-c3cccs3)c2c1=O. The summed E-state index contributed by atoms with van der Waals surface area (Å²) in [4.78, 5) is 19.9. The van der Waals surface area contributed by atoms with Crippen molar-refractivity contribution in [1.82, 2.24) is 19.7 Å². The third-order valence-corrected chi connectivity index (χ3v) is 7.63. The molecule has 0 spiro atoms. The summed E-state index contributed by atoms with van der Waals surface area (Å²) in [5.41, 5.74) is 1.65. The summed E-state index contributed by atoms with van der Waals surface area (Å²) in [6, 6.07) is 11.2. The Bertz CT molecular complexity index is 1450. The summed E-state index contributed by atoms with van der Waals surface area (Å²) in [5.74, 6) is 1.26. The highest BCUT2D eigenvalue weighted by Gasteiger charge is 2.18. The molecule has 6 nitrogen and oxygen atoms in total. The van der Waals surface area contributed by atoms with Gasteiger partial charge in [0.05, 0.1) is 11.1 Å². The van der Waals surface area contributed by atoms with Crippen LogP contribution < -0.4 is 5.56 Å². The molecule has 5 rings (SSSR count). The molecule has 0 saturated carbocycles. The Labute approximate surface area is 200 Å². The van der Waals surface area contributed by atoms with Gasteiger partial charge in [0.1, 0.15) is 4.83 Å². The van der Waals surface area contributed by atoms with Crippen molar-refractivity contribution in [2.24, 2.45) is 0 Å². The average Bonchev–Trinajstić information content (AvgIpc) is 3.55. The molecular formula is C22H15ClN4O2S3. The van der Waals surface area contributed by atoms with Crippen molar-refractivity contribution in [2.75, 3.05) is 0 Å². The van der Waals surface area contributed by atoms with E-state index in [-0.39, 0.29) is 5.56 Å². The number of thiophene rings is 2. The first kappa shape index (κ1) is 21.1. The number of aromatic nitrogens is 4. The number of fused-ring (bicyclic) bond motifs is 1. The van der Waals surface area contributed by atoms with E-state index in [2.05, 4.69) is 16.8 Å². The van der Waals surface area contributed by atoms with Crippen LogP contribution in [0.2, 0.25) is 5.02 Å². The zero-order valence-electron chi connectivity index (χ0n) is 16.5. The Kier molecular flexibility index (Phi) is 5.97. The van der Waals surface area contributed by atoms with E-state index in [9.17, 15) is 4.79 Å². The second kappa shape index (κ2) is 9.03. The Hall–Kier alpha value is -2.72. The minimum atomic E-state index is -0.0746. The Morgan fingerprint density at radius 2 is 2.03 bits per heavy atom. The minimum Gasteiger partial charge on any atom is -0.420 e. The molecule has 0 bridgehead atoms. The molecule has 5 aromatic rings. The molecule has 4 aromatic heterocycles. The van der Waals surface area contributed by atoms with Crippen LogP contribution in [-0.2, 0) is 12.3 Å². The summed E-state index contributed by atoms with van der Waals surface area (Å²) in [5, 5.41) is 14.1. The van der Waals surface area contributed by atoms with Gasteiger partial charge >= 0.3 is 0 Å². The predicted octanol–water partition coefficient (Wildman–Crippen LogP) is 6.37. The fraction of sp³-hybridized carbons (Fsp3) is 0.0909. The number of hydrogen-bond acceptors (Lipinski definition) is 8. The van der Waals surface area contributed by atoms with Crippen LogP contribution in [0.25, 0.3) is 32.1 Å². The molecule has 160 valence electrons. The number of nitrogens with zero attached hydrogens (tertiary/aromatic N) is 4. The first-order chi connectivity index (χ1) is 15.6. The summed E-state index contributed by atoms with van der Waals surface area (Å²) in [6.45, 7) is 4.16. The van der Waals surface area contributed by atoms with E-state index in [1.165, 1.54) is 23.1 Å². The fourth-order valence-electron chi connectivity index (χ4n) is 3.17. The van der Waals surface area contributed by atoms with Gasteiger partial charge in [0, 0.05) is 33.0 Å². The third-order valence-electron chi connectivity index (χ3n) is 4.64. The lowest BCUT2D eigenvalue weighted by Gasteiger charge is -2.09. The summed E-state index contributed by atoms with van der Waals surface area (Å²) in [6.07, 6.45) is 1.70. The van der Waals surface area contributed by atoms with Gasteiger partial charge in [-0.1, -0.05) is 35.5 Å². The van der Waals surface area contributed by atoms with E-state index >= 15 is 0 Å². The van der Waals surface area contributed by atoms with Crippen molar-refractivity contribution < 1.29 is 4.42 Å².